The van der Waals surface area contributed by atoms with Crippen molar-refractivity contribution < 1.29 is 0 Å². The van der Waals surface area contributed by atoms with Gasteiger partial charge in [0.15, 0.2) is 0 Å². The summed E-state index contributed by atoms with van der Waals surface area (Å²) in [4.78, 5) is 0. The summed E-state index contributed by atoms with van der Waals surface area (Å²) in [7, 11) is -0.847. The van der Waals surface area contributed by atoms with Crippen molar-refractivity contribution in [1.82, 2.24) is 5.32 Å². The van der Waals surface area contributed by atoms with Crippen LogP contribution in [0.1, 0.15) is 26.7 Å². The van der Waals surface area contributed by atoms with Crippen LogP contribution in [0.5, 0.6) is 0 Å². The zero-order valence-corrected chi connectivity index (χ0v) is 11.6. The van der Waals surface area contributed by atoms with Gasteiger partial charge in [-0.15, -0.1) is 0 Å². The first-order chi connectivity index (χ1) is 6.33. The smallest absolute Gasteiger partial charge is 0.0448 e. The molecule has 1 fully saturated rings. The van der Waals surface area contributed by atoms with Crippen LogP contribution in [0.3, 0.4) is 0 Å². The molecule has 14 heavy (non-hydrogen) atoms. The summed E-state index contributed by atoms with van der Waals surface area (Å²) in [6.07, 6.45) is 2.95. The first-order valence-electron chi connectivity index (χ1n) is 6.04. The lowest BCUT2D eigenvalue weighted by Gasteiger charge is -2.24. The summed E-state index contributed by atoms with van der Waals surface area (Å²) in [6.45, 7) is 14.5. The second-order valence-corrected chi connectivity index (χ2v) is 12.2. The van der Waals surface area contributed by atoms with Crippen molar-refractivity contribution in [3.8, 4) is 0 Å². The zero-order chi connectivity index (χ0) is 10.8. The van der Waals surface area contributed by atoms with Crippen LogP contribution in [0, 0.1) is 11.3 Å². The van der Waals surface area contributed by atoms with E-state index in [0.717, 1.165) is 11.3 Å². The Kier molecular flexibility index (Phi) is 3.81. The van der Waals surface area contributed by atoms with Crippen molar-refractivity contribution in [2.45, 2.75) is 52.4 Å². The third kappa shape index (κ3) is 4.60. The third-order valence-corrected chi connectivity index (χ3v) is 4.73. The van der Waals surface area contributed by atoms with E-state index in [0.29, 0.717) is 0 Å². The summed E-state index contributed by atoms with van der Waals surface area (Å²) in [5.74, 6) is 0.790. The second kappa shape index (κ2) is 4.36. The SMILES string of the molecule is CC(C)CNCC1(C[Si](C)(C)C)CC1. The summed E-state index contributed by atoms with van der Waals surface area (Å²) in [6, 6.07) is 1.52. The maximum absolute atomic E-state index is 3.63. The van der Waals surface area contributed by atoms with Crippen LogP contribution >= 0.6 is 0 Å². The molecule has 1 aliphatic rings. The van der Waals surface area contributed by atoms with E-state index in [-0.39, 0.29) is 0 Å². The normalized spacial score (nSPS) is 20.1. The van der Waals surface area contributed by atoms with Gasteiger partial charge in [0, 0.05) is 14.6 Å². The Labute approximate surface area is 90.7 Å². The quantitative estimate of drug-likeness (QED) is 0.667. The summed E-state index contributed by atoms with van der Waals surface area (Å²) in [5, 5.41) is 3.63. The minimum absolute atomic E-state index is 0.722. The summed E-state index contributed by atoms with van der Waals surface area (Å²) < 4.78 is 0. The molecule has 1 saturated carbocycles. The molecule has 0 heterocycles. The van der Waals surface area contributed by atoms with E-state index in [1.54, 1.807) is 0 Å². The van der Waals surface area contributed by atoms with Gasteiger partial charge in [-0.05, 0) is 30.7 Å². The number of hydrogen-bond acceptors (Lipinski definition) is 1. The van der Waals surface area contributed by atoms with Gasteiger partial charge in [-0.25, -0.2) is 0 Å². The van der Waals surface area contributed by atoms with Gasteiger partial charge in [-0.2, -0.15) is 0 Å². The topological polar surface area (TPSA) is 12.0 Å². The minimum atomic E-state index is -0.847. The Hall–Kier alpha value is 0.177. The van der Waals surface area contributed by atoms with Gasteiger partial charge < -0.3 is 5.32 Å². The lowest BCUT2D eigenvalue weighted by atomic mass is 10.1. The van der Waals surface area contributed by atoms with Gasteiger partial charge in [0.2, 0.25) is 0 Å². The zero-order valence-electron chi connectivity index (χ0n) is 10.6. The Morgan fingerprint density at radius 3 is 2.14 bits per heavy atom. The van der Waals surface area contributed by atoms with Gasteiger partial charge in [0.1, 0.15) is 0 Å². The van der Waals surface area contributed by atoms with E-state index in [9.17, 15) is 0 Å². The molecular weight excluding hydrogens is 186 g/mol. The Morgan fingerprint density at radius 2 is 1.79 bits per heavy atom. The molecule has 0 radical (unpaired) electrons. The highest BCUT2D eigenvalue weighted by atomic mass is 28.3. The van der Waals surface area contributed by atoms with Crippen molar-refractivity contribution in [1.29, 1.82) is 0 Å². The molecule has 0 unspecified atom stereocenters. The van der Waals surface area contributed by atoms with Crippen molar-refractivity contribution in [3.05, 3.63) is 0 Å². The standard InChI is InChI=1S/C12H27NSi/c1-11(2)8-13-9-12(6-7-12)10-14(3,4)5/h11,13H,6-10H2,1-5H3. The molecule has 1 aliphatic carbocycles. The molecule has 0 amide bonds. The van der Waals surface area contributed by atoms with Gasteiger partial charge >= 0.3 is 0 Å². The van der Waals surface area contributed by atoms with Gasteiger partial charge in [-0.3, -0.25) is 0 Å². The molecule has 1 rings (SSSR count). The molecule has 0 aromatic rings. The molecular formula is C12H27NSi. The number of nitrogens with one attached hydrogen (secondary N) is 1. The van der Waals surface area contributed by atoms with Crippen molar-refractivity contribution >= 4 is 8.07 Å². The lowest BCUT2D eigenvalue weighted by Crippen LogP contribution is -2.33. The van der Waals surface area contributed by atoms with Crippen LogP contribution in [0.25, 0.3) is 0 Å². The van der Waals surface area contributed by atoms with Crippen molar-refractivity contribution in [3.63, 3.8) is 0 Å². The van der Waals surface area contributed by atoms with E-state index >= 15 is 0 Å². The number of hydrogen-bond donors (Lipinski definition) is 1. The predicted octanol–water partition coefficient (Wildman–Crippen LogP) is 3.35. The molecule has 0 aromatic carbocycles. The minimum Gasteiger partial charge on any atom is -0.316 e. The molecule has 0 bridgehead atoms. The molecule has 1 nitrogen and oxygen atoms in total. The maximum Gasteiger partial charge on any atom is 0.0448 e. The largest absolute Gasteiger partial charge is 0.316 e. The number of rotatable bonds is 6. The molecule has 2 heteroatoms. The van der Waals surface area contributed by atoms with Crippen LogP contribution in [-0.2, 0) is 0 Å². The molecule has 84 valence electrons. The summed E-state index contributed by atoms with van der Waals surface area (Å²) >= 11 is 0. The fraction of sp³-hybridized carbons (Fsp3) is 1.00. The predicted molar refractivity (Wildman–Crippen MR) is 67.5 cm³/mol. The van der Waals surface area contributed by atoms with Crippen LogP contribution in [0.2, 0.25) is 25.7 Å². The highest BCUT2D eigenvalue weighted by Gasteiger charge is 2.44. The second-order valence-electron chi connectivity index (χ2n) is 6.76. The Balaban J connectivity index is 2.23. The first-order valence-corrected chi connectivity index (χ1v) is 9.74. The maximum atomic E-state index is 3.63. The fourth-order valence-electron chi connectivity index (χ4n) is 2.34. The van der Waals surface area contributed by atoms with Crippen molar-refractivity contribution in [2.75, 3.05) is 13.1 Å². The van der Waals surface area contributed by atoms with Gasteiger partial charge in [-0.1, -0.05) is 39.5 Å². The molecule has 0 saturated heterocycles. The van der Waals surface area contributed by atoms with E-state index in [1.807, 2.05) is 0 Å². The monoisotopic (exact) mass is 213 g/mol. The average Bonchev–Trinajstić information content (AvgIpc) is 2.64. The lowest BCUT2D eigenvalue weighted by molar-refractivity contribution is 0.460. The van der Waals surface area contributed by atoms with E-state index in [4.69, 9.17) is 0 Å². The average molecular weight is 213 g/mol. The van der Waals surface area contributed by atoms with Crippen LogP contribution < -0.4 is 5.32 Å². The molecule has 0 aliphatic heterocycles. The Morgan fingerprint density at radius 1 is 1.21 bits per heavy atom. The molecule has 0 atom stereocenters. The van der Waals surface area contributed by atoms with Crippen molar-refractivity contribution in [2.24, 2.45) is 11.3 Å². The Bertz CT molecular complexity index is 177. The third-order valence-electron chi connectivity index (χ3n) is 2.92. The molecule has 0 aromatic heterocycles. The fourth-order valence-corrected chi connectivity index (χ4v) is 5.07. The highest BCUT2D eigenvalue weighted by molar-refractivity contribution is 6.76. The molecule has 1 N–H and O–H groups in total. The van der Waals surface area contributed by atoms with Gasteiger partial charge in [0.25, 0.3) is 0 Å². The van der Waals surface area contributed by atoms with E-state index in [1.165, 1.54) is 32.0 Å². The molecule has 0 spiro atoms. The van der Waals surface area contributed by atoms with Gasteiger partial charge in [0.05, 0.1) is 0 Å². The van der Waals surface area contributed by atoms with E-state index < -0.39 is 8.07 Å². The van der Waals surface area contributed by atoms with Crippen LogP contribution in [0.4, 0.5) is 0 Å². The van der Waals surface area contributed by atoms with Crippen LogP contribution in [-0.4, -0.2) is 21.2 Å². The summed E-state index contributed by atoms with van der Waals surface area (Å²) in [5.41, 5.74) is 0.722. The first kappa shape index (κ1) is 12.2. The van der Waals surface area contributed by atoms with Crippen LogP contribution in [0.15, 0.2) is 0 Å². The van der Waals surface area contributed by atoms with E-state index in [2.05, 4.69) is 38.8 Å². The highest BCUT2D eigenvalue weighted by Crippen LogP contribution is 2.51.